The van der Waals surface area contributed by atoms with E-state index in [1.165, 1.54) is 0 Å². The normalized spacial score (nSPS) is 16.9. The number of hydrogen-bond acceptors (Lipinski definition) is 6. The third-order valence-corrected chi connectivity index (χ3v) is 8.02. The lowest BCUT2D eigenvalue weighted by Crippen LogP contribution is -2.51. The number of imidazole rings is 1. The van der Waals surface area contributed by atoms with Crippen molar-refractivity contribution in [1.29, 1.82) is 10.5 Å². The van der Waals surface area contributed by atoms with E-state index in [1.54, 1.807) is 12.1 Å². The molecule has 0 radical (unpaired) electrons. The molecule has 1 aliphatic carbocycles. The van der Waals surface area contributed by atoms with Crippen LogP contribution in [0.15, 0.2) is 78.2 Å². The second kappa shape index (κ2) is 11.9. The monoisotopic (exact) mass is 573 g/mol. The molecule has 1 atom stereocenters. The van der Waals surface area contributed by atoms with Crippen molar-refractivity contribution in [3.8, 4) is 12.3 Å². The fourth-order valence-corrected chi connectivity index (χ4v) is 5.84. The molecule has 42 heavy (non-hydrogen) atoms. The Labute approximate surface area is 249 Å². The molecule has 2 aromatic carbocycles. The zero-order valence-corrected chi connectivity index (χ0v) is 23.8. The molecule has 9 nitrogen and oxygen atoms in total. The van der Waals surface area contributed by atoms with Gasteiger partial charge in [-0.15, -0.1) is 4.99 Å². The molecule has 208 valence electrons. The second-order valence-electron chi connectivity index (χ2n) is 10.3. The Bertz CT molecular complexity index is 1750. The minimum Gasteiger partial charge on any atom is -0.339 e. The molecule has 2 aromatic heterocycles. The molecule has 2 aliphatic rings. The molecule has 4 aromatic rings. The Balaban J connectivity index is 1.29. The summed E-state index contributed by atoms with van der Waals surface area (Å²) in [6.07, 6.45) is 9.84. The van der Waals surface area contributed by atoms with Crippen LogP contribution in [-0.2, 0) is 6.54 Å². The fourth-order valence-electron chi connectivity index (χ4n) is 5.67. The summed E-state index contributed by atoms with van der Waals surface area (Å²) >= 11 is 6.58. The van der Waals surface area contributed by atoms with E-state index >= 15 is 0 Å². The molecular formula is C32H28ClN9. The van der Waals surface area contributed by atoms with E-state index in [0.717, 1.165) is 52.6 Å². The number of halogens is 1. The van der Waals surface area contributed by atoms with Gasteiger partial charge in [0.2, 0.25) is 12.2 Å². The van der Waals surface area contributed by atoms with Crippen LogP contribution in [0.1, 0.15) is 39.8 Å². The van der Waals surface area contributed by atoms with E-state index in [0.29, 0.717) is 36.2 Å². The maximum atomic E-state index is 9.40. The third-order valence-electron chi connectivity index (χ3n) is 7.79. The number of nitriles is 2. The Morgan fingerprint density at radius 1 is 1.05 bits per heavy atom. The molecule has 0 amide bonds. The van der Waals surface area contributed by atoms with Crippen LogP contribution < -0.4 is 5.32 Å². The predicted molar refractivity (Wildman–Crippen MR) is 163 cm³/mol. The number of pyridine rings is 1. The molecule has 3 heterocycles. The van der Waals surface area contributed by atoms with Gasteiger partial charge in [0.1, 0.15) is 5.82 Å². The number of anilines is 1. The van der Waals surface area contributed by atoms with Crippen LogP contribution in [-0.4, -0.2) is 56.5 Å². The van der Waals surface area contributed by atoms with Crippen molar-refractivity contribution in [2.24, 2.45) is 4.99 Å². The van der Waals surface area contributed by atoms with Crippen molar-refractivity contribution in [2.75, 3.05) is 31.5 Å². The van der Waals surface area contributed by atoms with Crippen LogP contribution in [0.5, 0.6) is 0 Å². The molecule has 1 saturated heterocycles. The van der Waals surface area contributed by atoms with Crippen molar-refractivity contribution in [2.45, 2.75) is 19.5 Å². The van der Waals surface area contributed by atoms with Crippen LogP contribution in [0.2, 0.25) is 5.02 Å². The van der Waals surface area contributed by atoms with Crippen molar-refractivity contribution < 1.29 is 0 Å². The number of rotatable bonds is 4. The molecule has 1 unspecified atom stereocenters. The quantitative estimate of drug-likeness (QED) is 0.200. The molecule has 10 heteroatoms. The minimum absolute atomic E-state index is 0.0731. The maximum absolute atomic E-state index is 9.40. The topological polar surface area (TPSA) is 109 Å². The van der Waals surface area contributed by atoms with E-state index in [-0.39, 0.29) is 6.04 Å². The third kappa shape index (κ3) is 5.48. The number of aryl methyl sites for hydroxylation is 1. The van der Waals surface area contributed by atoms with Crippen molar-refractivity contribution >= 4 is 34.9 Å². The standard InChI is InChI=1S/C32H28ClN9/c1-22-36-11-12-42(22)20-25-17-24-3-2-10-37-30(24)31(28-9-6-26(33)18-29(25)28)40-13-15-41(16-14-40)32(38-21-35)39-27-7-4-23(19-34)5-8-27/h2-12,17-18,31H,13-16,20H2,1H3,(H,38,39). The maximum Gasteiger partial charge on any atom is 0.214 e. The SMILES string of the molecule is Cc1nccn1CC1=Cc2cccnc2C(N2CCN(/C(=N/C#N)Nc3ccc(C#N)cc3)CC2)c2ccc(Cl)cc21. The second-order valence-corrected chi connectivity index (χ2v) is 10.7. The molecule has 6 rings (SSSR count). The lowest BCUT2D eigenvalue weighted by Gasteiger charge is -2.40. The highest BCUT2D eigenvalue weighted by molar-refractivity contribution is 6.30. The highest BCUT2D eigenvalue weighted by Gasteiger charge is 2.33. The lowest BCUT2D eigenvalue weighted by atomic mass is 9.93. The van der Waals surface area contributed by atoms with Crippen LogP contribution in [0.4, 0.5) is 5.69 Å². The van der Waals surface area contributed by atoms with E-state index in [9.17, 15) is 5.26 Å². The first-order valence-corrected chi connectivity index (χ1v) is 14.1. The van der Waals surface area contributed by atoms with Crippen LogP contribution in [0.25, 0.3) is 11.6 Å². The van der Waals surface area contributed by atoms with Crippen molar-refractivity contribution in [3.63, 3.8) is 0 Å². The van der Waals surface area contributed by atoms with E-state index in [1.807, 2.05) is 56.0 Å². The van der Waals surface area contributed by atoms with Gasteiger partial charge in [0.15, 0.2) is 0 Å². The number of hydrogen-bond donors (Lipinski definition) is 1. The van der Waals surface area contributed by atoms with Gasteiger partial charge >= 0.3 is 0 Å². The van der Waals surface area contributed by atoms with Crippen molar-refractivity contribution in [3.05, 3.63) is 112 Å². The molecule has 0 bridgehead atoms. The van der Waals surface area contributed by atoms with Gasteiger partial charge in [-0.2, -0.15) is 10.5 Å². The van der Waals surface area contributed by atoms with Gasteiger partial charge in [0, 0.05) is 62.0 Å². The summed E-state index contributed by atoms with van der Waals surface area (Å²) in [5.74, 6) is 1.44. The highest BCUT2D eigenvalue weighted by atomic mass is 35.5. The van der Waals surface area contributed by atoms with Crippen molar-refractivity contribution in [1.82, 2.24) is 24.3 Å². The number of nitrogens with one attached hydrogen (secondary N) is 1. The number of aliphatic imine (C=N–C) groups is 1. The number of piperazine rings is 1. The minimum atomic E-state index is -0.0731. The first-order chi connectivity index (χ1) is 20.5. The average molecular weight is 574 g/mol. The molecule has 1 N–H and O–H groups in total. The Morgan fingerprint density at radius 2 is 1.86 bits per heavy atom. The summed E-state index contributed by atoms with van der Waals surface area (Å²) in [5, 5.41) is 22.4. The molecular weight excluding hydrogens is 546 g/mol. The largest absolute Gasteiger partial charge is 0.339 e. The van der Waals surface area contributed by atoms with Gasteiger partial charge in [0.05, 0.1) is 23.4 Å². The van der Waals surface area contributed by atoms with Gasteiger partial charge in [0.25, 0.3) is 0 Å². The highest BCUT2D eigenvalue weighted by Crippen LogP contribution is 2.41. The van der Waals surface area contributed by atoms with Gasteiger partial charge < -0.3 is 14.8 Å². The smallest absolute Gasteiger partial charge is 0.214 e. The first-order valence-electron chi connectivity index (χ1n) is 13.7. The summed E-state index contributed by atoms with van der Waals surface area (Å²) in [5.41, 5.74) is 6.85. The summed E-state index contributed by atoms with van der Waals surface area (Å²) < 4.78 is 2.14. The summed E-state index contributed by atoms with van der Waals surface area (Å²) in [7, 11) is 0. The Kier molecular flexibility index (Phi) is 7.70. The van der Waals surface area contributed by atoms with E-state index < -0.39 is 0 Å². The molecule has 1 fully saturated rings. The van der Waals surface area contributed by atoms with Gasteiger partial charge in [-0.05, 0) is 77.7 Å². The molecule has 0 saturated carbocycles. The lowest BCUT2D eigenvalue weighted by molar-refractivity contribution is 0.148. The zero-order valence-electron chi connectivity index (χ0n) is 23.1. The Hall–Kier alpha value is -4.96. The van der Waals surface area contributed by atoms with Gasteiger partial charge in [-0.1, -0.05) is 23.7 Å². The average Bonchev–Trinajstić information content (AvgIpc) is 3.36. The summed E-state index contributed by atoms with van der Waals surface area (Å²) in [4.78, 5) is 17.9. The number of benzene rings is 2. The van der Waals surface area contributed by atoms with E-state index in [4.69, 9.17) is 21.8 Å². The molecule has 0 spiro atoms. The predicted octanol–water partition coefficient (Wildman–Crippen LogP) is 5.32. The number of aromatic nitrogens is 3. The number of nitrogens with zero attached hydrogens (tertiary/aromatic N) is 8. The summed E-state index contributed by atoms with van der Waals surface area (Å²) in [6.45, 7) is 5.48. The van der Waals surface area contributed by atoms with Crippen LogP contribution >= 0.6 is 11.6 Å². The van der Waals surface area contributed by atoms with Gasteiger partial charge in [-0.25, -0.2) is 4.98 Å². The fraction of sp³-hybridized carbons (Fsp3) is 0.219. The Morgan fingerprint density at radius 3 is 2.57 bits per heavy atom. The molecule has 1 aliphatic heterocycles. The zero-order chi connectivity index (χ0) is 29.1. The number of allylic oxidation sites excluding steroid dienone is 1. The number of guanidine groups is 1. The first kappa shape index (κ1) is 27.2. The van der Waals surface area contributed by atoms with Crippen LogP contribution in [0, 0.1) is 29.7 Å². The van der Waals surface area contributed by atoms with E-state index in [2.05, 4.69) is 60.0 Å². The van der Waals surface area contributed by atoms with Crippen LogP contribution in [0.3, 0.4) is 0 Å². The van der Waals surface area contributed by atoms with Gasteiger partial charge in [-0.3, -0.25) is 9.88 Å². The summed E-state index contributed by atoms with van der Waals surface area (Å²) in [6, 6.07) is 19.4. The number of fused-ring (bicyclic) bond motifs is 2.